The van der Waals surface area contributed by atoms with Crippen molar-refractivity contribution in [2.45, 2.75) is 52.5 Å². The normalized spacial score (nSPS) is 17.0. The Hall–Kier alpha value is -2.14. The maximum Gasteiger partial charge on any atom is 0.306 e. The van der Waals surface area contributed by atoms with Crippen LogP contribution >= 0.6 is 0 Å². The zero-order valence-electron chi connectivity index (χ0n) is 16.6. The zero-order valence-corrected chi connectivity index (χ0v) is 16.6. The Bertz CT molecular complexity index is 714. The first-order chi connectivity index (χ1) is 13.1. The zero-order chi connectivity index (χ0) is 19.2. The molecule has 5 heteroatoms. The van der Waals surface area contributed by atoms with Crippen molar-refractivity contribution >= 4 is 5.97 Å². The lowest BCUT2D eigenvalue weighted by Gasteiger charge is -2.36. The fourth-order valence-electron chi connectivity index (χ4n) is 4.12. The Kier molecular flexibility index (Phi) is 6.67. The molecule has 0 aliphatic carbocycles. The Morgan fingerprint density at radius 3 is 2.56 bits per heavy atom. The number of nitrogens with zero attached hydrogens (tertiary/aromatic N) is 2. The van der Waals surface area contributed by atoms with Gasteiger partial charge in [-0.1, -0.05) is 35.5 Å². The van der Waals surface area contributed by atoms with Crippen LogP contribution in [-0.2, 0) is 16.1 Å². The van der Waals surface area contributed by atoms with Crippen LogP contribution in [0.15, 0.2) is 34.9 Å². The molecule has 1 atom stereocenters. The van der Waals surface area contributed by atoms with Gasteiger partial charge in [0, 0.05) is 12.1 Å². The highest BCUT2D eigenvalue weighted by Crippen LogP contribution is 2.36. The minimum atomic E-state index is -0.0931. The van der Waals surface area contributed by atoms with Gasteiger partial charge in [0.1, 0.15) is 5.76 Å². The van der Waals surface area contributed by atoms with Gasteiger partial charge in [0.15, 0.2) is 0 Å². The summed E-state index contributed by atoms with van der Waals surface area (Å²) in [5.74, 6) is 1.55. The van der Waals surface area contributed by atoms with Crippen molar-refractivity contribution in [1.82, 2.24) is 10.1 Å². The summed E-state index contributed by atoms with van der Waals surface area (Å²) >= 11 is 0. The molecule has 1 aliphatic heterocycles. The van der Waals surface area contributed by atoms with Crippen LogP contribution in [0.1, 0.15) is 54.7 Å². The molecule has 1 unspecified atom stereocenters. The summed E-state index contributed by atoms with van der Waals surface area (Å²) in [6.07, 6.45) is 2.64. The number of carbonyl (C=O) groups is 1. The van der Waals surface area contributed by atoms with E-state index in [1.165, 1.54) is 11.1 Å². The molecule has 0 bridgehead atoms. The molecule has 0 N–H and O–H groups in total. The highest BCUT2D eigenvalue weighted by molar-refractivity contribution is 5.70. The summed E-state index contributed by atoms with van der Waals surface area (Å²) in [4.78, 5) is 14.6. The molecule has 5 nitrogen and oxygen atoms in total. The molecule has 2 aromatic rings. The molecule has 0 radical (unpaired) electrons. The minimum absolute atomic E-state index is 0.0931. The van der Waals surface area contributed by atoms with Crippen molar-refractivity contribution in [2.24, 2.45) is 5.92 Å². The van der Waals surface area contributed by atoms with Gasteiger partial charge < -0.3 is 9.26 Å². The van der Waals surface area contributed by atoms with Crippen LogP contribution in [0.4, 0.5) is 0 Å². The number of hydrogen-bond donors (Lipinski definition) is 0. The molecule has 1 aliphatic rings. The van der Waals surface area contributed by atoms with E-state index >= 15 is 0 Å². The average molecular weight is 370 g/mol. The molecule has 27 heavy (non-hydrogen) atoms. The molecule has 1 fully saturated rings. The molecular formula is C22H30N2O3. The van der Waals surface area contributed by atoms with Crippen LogP contribution in [0.2, 0.25) is 0 Å². The number of benzene rings is 1. The lowest BCUT2D eigenvalue weighted by Crippen LogP contribution is -2.36. The number of likely N-dealkylation sites (tertiary alicyclic amines) is 1. The number of ether oxygens (including phenoxy) is 1. The van der Waals surface area contributed by atoms with E-state index in [2.05, 4.69) is 34.3 Å². The van der Waals surface area contributed by atoms with Crippen LogP contribution in [0.5, 0.6) is 0 Å². The Labute approximate surface area is 161 Å². The van der Waals surface area contributed by atoms with Crippen LogP contribution in [0.3, 0.4) is 0 Å². The quantitative estimate of drug-likeness (QED) is 0.682. The highest BCUT2D eigenvalue weighted by Gasteiger charge is 2.30. The van der Waals surface area contributed by atoms with E-state index in [1.54, 1.807) is 0 Å². The van der Waals surface area contributed by atoms with Crippen molar-refractivity contribution in [1.29, 1.82) is 0 Å². The van der Waals surface area contributed by atoms with Gasteiger partial charge in [0.2, 0.25) is 0 Å². The van der Waals surface area contributed by atoms with Crippen LogP contribution < -0.4 is 0 Å². The molecule has 0 saturated carbocycles. The van der Waals surface area contributed by atoms with E-state index in [9.17, 15) is 4.79 Å². The second-order valence-electron chi connectivity index (χ2n) is 7.44. The standard InChI is InChI=1S/C22H30N2O3/c1-4-26-22(25)14-20(18-8-6-5-7-9-18)19-10-12-24(13-11-19)15-21-16(2)23-27-17(21)3/h5-9,19-20H,4,10-15H2,1-3H3. The first kappa shape index (κ1) is 19.6. The van der Waals surface area contributed by atoms with E-state index in [4.69, 9.17) is 9.26 Å². The second kappa shape index (κ2) is 9.18. The van der Waals surface area contributed by atoms with Crippen molar-refractivity contribution < 1.29 is 14.1 Å². The summed E-state index contributed by atoms with van der Waals surface area (Å²) in [7, 11) is 0. The minimum Gasteiger partial charge on any atom is -0.466 e. The molecule has 146 valence electrons. The summed E-state index contributed by atoms with van der Waals surface area (Å²) in [6, 6.07) is 10.4. The fourth-order valence-corrected chi connectivity index (χ4v) is 4.12. The van der Waals surface area contributed by atoms with Crippen LogP contribution in [-0.4, -0.2) is 35.7 Å². The number of rotatable bonds is 7. The van der Waals surface area contributed by atoms with Gasteiger partial charge in [-0.15, -0.1) is 0 Å². The number of piperidine rings is 1. The van der Waals surface area contributed by atoms with Gasteiger partial charge in [-0.25, -0.2) is 0 Å². The topological polar surface area (TPSA) is 55.6 Å². The summed E-state index contributed by atoms with van der Waals surface area (Å²) in [5.41, 5.74) is 3.44. The van der Waals surface area contributed by atoms with Gasteiger partial charge in [0.05, 0.1) is 18.7 Å². The summed E-state index contributed by atoms with van der Waals surface area (Å²) in [5, 5.41) is 4.06. The third-order valence-corrected chi connectivity index (χ3v) is 5.68. The first-order valence-electron chi connectivity index (χ1n) is 9.93. The van der Waals surface area contributed by atoms with Crippen LogP contribution in [0.25, 0.3) is 0 Å². The van der Waals surface area contributed by atoms with E-state index in [-0.39, 0.29) is 11.9 Å². The Morgan fingerprint density at radius 1 is 1.26 bits per heavy atom. The molecule has 0 amide bonds. The molecule has 1 aromatic carbocycles. The predicted octanol–water partition coefficient (Wildman–Crippen LogP) is 4.24. The highest BCUT2D eigenvalue weighted by atomic mass is 16.5. The van der Waals surface area contributed by atoms with Crippen molar-refractivity contribution in [2.75, 3.05) is 19.7 Å². The Balaban J connectivity index is 1.64. The second-order valence-corrected chi connectivity index (χ2v) is 7.44. The third-order valence-electron chi connectivity index (χ3n) is 5.68. The number of hydrogen-bond acceptors (Lipinski definition) is 5. The smallest absolute Gasteiger partial charge is 0.306 e. The molecule has 1 saturated heterocycles. The largest absolute Gasteiger partial charge is 0.466 e. The Morgan fingerprint density at radius 2 is 1.96 bits per heavy atom. The summed E-state index contributed by atoms with van der Waals surface area (Å²) < 4.78 is 10.5. The number of esters is 1. The maximum absolute atomic E-state index is 12.2. The van der Waals surface area contributed by atoms with Gasteiger partial charge in [-0.3, -0.25) is 9.69 Å². The third kappa shape index (κ3) is 4.98. The summed E-state index contributed by atoms with van der Waals surface area (Å²) in [6.45, 7) is 9.23. The van der Waals surface area contributed by atoms with Crippen molar-refractivity contribution in [3.8, 4) is 0 Å². The van der Waals surface area contributed by atoms with Crippen molar-refractivity contribution in [3.05, 3.63) is 52.9 Å². The van der Waals surface area contributed by atoms with Gasteiger partial charge in [0.25, 0.3) is 0 Å². The predicted molar refractivity (Wildman–Crippen MR) is 104 cm³/mol. The lowest BCUT2D eigenvalue weighted by molar-refractivity contribution is -0.144. The van der Waals surface area contributed by atoms with Crippen LogP contribution in [0, 0.1) is 19.8 Å². The van der Waals surface area contributed by atoms with E-state index in [0.29, 0.717) is 18.9 Å². The van der Waals surface area contributed by atoms with Crippen molar-refractivity contribution in [3.63, 3.8) is 0 Å². The fraction of sp³-hybridized carbons (Fsp3) is 0.545. The van der Waals surface area contributed by atoms with E-state index in [0.717, 1.165) is 43.9 Å². The lowest BCUT2D eigenvalue weighted by atomic mass is 9.78. The molecule has 1 aromatic heterocycles. The van der Waals surface area contributed by atoms with Gasteiger partial charge in [-0.05, 0) is 64.1 Å². The van der Waals surface area contributed by atoms with Gasteiger partial charge >= 0.3 is 5.97 Å². The van der Waals surface area contributed by atoms with Gasteiger partial charge in [-0.2, -0.15) is 0 Å². The molecular weight excluding hydrogens is 340 g/mol. The molecule has 2 heterocycles. The molecule has 3 rings (SSSR count). The number of aromatic nitrogens is 1. The number of aryl methyl sites for hydroxylation is 2. The monoisotopic (exact) mass is 370 g/mol. The number of carbonyl (C=O) groups excluding carboxylic acids is 1. The maximum atomic E-state index is 12.2. The average Bonchev–Trinajstić information content (AvgIpc) is 3.00. The van der Waals surface area contributed by atoms with E-state index < -0.39 is 0 Å². The SMILES string of the molecule is CCOC(=O)CC(c1ccccc1)C1CCN(Cc2c(C)noc2C)CC1. The first-order valence-corrected chi connectivity index (χ1v) is 9.93. The van der Waals surface area contributed by atoms with E-state index in [1.807, 2.05) is 26.8 Å². The molecule has 0 spiro atoms.